The van der Waals surface area contributed by atoms with Gasteiger partial charge in [0.25, 0.3) is 0 Å². The lowest BCUT2D eigenvalue weighted by atomic mass is 9.80. The monoisotopic (exact) mass is 353 g/mol. The Morgan fingerprint density at radius 2 is 1.72 bits per heavy atom. The predicted molar refractivity (Wildman–Crippen MR) is 96.8 cm³/mol. The number of carbonyl (C=O) groups excluding carboxylic acids is 2. The molecule has 5 nitrogen and oxygen atoms in total. The van der Waals surface area contributed by atoms with E-state index >= 15 is 0 Å². The normalized spacial score (nSPS) is 28.4. The van der Waals surface area contributed by atoms with Gasteiger partial charge in [0.05, 0.1) is 10.8 Å². The molecular weight excluding hydrogens is 318 g/mol. The first kappa shape index (κ1) is 20.2. The van der Waals surface area contributed by atoms with Crippen LogP contribution >= 0.6 is 0 Å². The number of hydrogen-bond acceptors (Lipinski definition) is 5. The summed E-state index contributed by atoms with van der Waals surface area (Å²) in [5, 5.41) is 3.52. The lowest BCUT2D eigenvalue weighted by molar-refractivity contribution is -0.179. The fraction of sp³-hybridized carbons (Fsp3) is 0.900. The molecule has 2 fully saturated rings. The fourth-order valence-corrected chi connectivity index (χ4v) is 4.20. The van der Waals surface area contributed by atoms with Crippen LogP contribution in [-0.2, 0) is 19.1 Å². The molecule has 2 saturated carbocycles. The number of ether oxygens (including phenoxy) is 2. The van der Waals surface area contributed by atoms with Crippen molar-refractivity contribution in [2.45, 2.75) is 73.1 Å². The largest absolute Gasteiger partial charge is 0.427 e. The van der Waals surface area contributed by atoms with Gasteiger partial charge in [-0.3, -0.25) is 9.59 Å². The highest BCUT2D eigenvalue weighted by atomic mass is 16.7. The third-order valence-corrected chi connectivity index (χ3v) is 5.79. The van der Waals surface area contributed by atoms with E-state index in [1.807, 2.05) is 0 Å². The lowest BCUT2D eigenvalue weighted by Gasteiger charge is -2.27. The highest BCUT2D eigenvalue weighted by molar-refractivity contribution is 5.78. The van der Waals surface area contributed by atoms with Crippen molar-refractivity contribution >= 4 is 11.9 Å². The summed E-state index contributed by atoms with van der Waals surface area (Å²) in [5.74, 6) is 0.138. The van der Waals surface area contributed by atoms with Crippen molar-refractivity contribution in [2.24, 2.45) is 22.2 Å². The molecule has 0 aromatic rings. The van der Waals surface area contributed by atoms with Crippen molar-refractivity contribution in [1.82, 2.24) is 5.32 Å². The van der Waals surface area contributed by atoms with Crippen molar-refractivity contribution in [3.8, 4) is 0 Å². The van der Waals surface area contributed by atoms with Gasteiger partial charge in [-0.05, 0) is 83.7 Å². The van der Waals surface area contributed by atoms with Crippen molar-refractivity contribution in [3.63, 3.8) is 0 Å². The van der Waals surface area contributed by atoms with Gasteiger partial charge in [0.1, 0.15) is 0 Å². The van der Waals surface area contributed by atoms with Gasteiger partial charge in [-0.1, -0.05) is 13.8 Å². The number of carbonyl (C=O) groups is 2. The van der Waals surface area contributed by atoms with Crippen LogP contribution in [0.25, 0.3) is 0 Å². The Hall–Kier alpha value is -1.10. The van der Waals surface area contributed by atoms with Crippen LogP contribution in [0.5, 0.6) is 0 Å². The van der Waals surface area contributed by atoms with Crippen molar-refractivity contribution in [3.05, 3.63) is 0 Å². The van der Waals surface area contributed by atoms with Crippen molar-refractivity contribution in [1.29, 1.82) is 0 Å². The second-order valence-electron chi connectivity index (χ2n) is 9.54. The minimum atomic E-state index is -0.580. The number of fused-ring (bicyclic) bond motifs is 2. The molecule has 0 heterocycles. The van der Waals surface area contributed by atoms with Gasteiger partial charge in [-0.15, -0.1) is 0 Å². The van der Waals surface area contributed by atoms with Crippen LogP contribution in [0.1, 0.15) is 73.1 Å². The average molecular weight is 354 g/mol. The van der Waals surface area contributed by atoms with Crippen molar-refractivity contribution < 1.29 is 19.1 Å². The molecule has 0 aromatic heterocycles. The Morgan fingerprint density at radius 3 is 2.28 bits per heavy atom. The molecule has 2 bridgehead atoms. The zero-order valence-electron chi connectivity index (χ0n) is 16.6. The van der Waals surface area contributed by atoms with Crippen molar-refractivity contribution in [2.75, 3.05) is 19.9 Å². The molecule has 0 aromatic carbocycles. The summed E-state index contributed by atoms with van der Waals surface area (Å²) in [7, 11) is 0. The van der Waals surface area contributed by atoms with Gasteiger partial charge in [-0.2, -0.15) is 0 Å². The number of rotatable bonds is 8. The molecule has 0 radical (unpaired) electrons. The van der Waals surface area contributed by atoms with Crippen LogP contribution < -0.4 is 5.32 Å². The molecule has 0 amide bonds. The topological polar surface area (TPSA) is 64.6 Å². The summed E-state index contributed by atoms with van der Waals surface area (Å²) in [6.45, 7) is 11.6. The van der Waals surface area contributed by atoms with Crippen LogP contribution in [-0.4, -0.2) is 31.8 Å². The molecule has 2 aliphatic carbocycles. The van der Waals surface area contributed by atoms with Crippen LogP contribution in [0.4, 0.5) is 0 Å². The van der Waals surface area contributed by atoms with Gasteiger partial charge < -0.3 is 14.8 Å². The number of esters is 2. The number of nitrogens with one attached hydrogen (secondary N) is 1. The number of hydrogen-bond donors (Lipinski definition) is 1. The predicted octanol–water partition coefficient (Wildman–Crippen LogP) is 3.66. The van der Waals surface area contributed by atoms with E-state index < -0.39 is 5.41 Å². The molecule has 0 atom stereocenters. The highest BCUT2D eigenvalue weighted by Gasteiger charge is 2.58. The van der Waals surface area contributed by atoms with E-state index in [2.05, 4.69) is 19.2 Å². The molecule has 0 unspecified atom stereocenters. The van der Waals surface area contributed by atoms with Gasteiger partial charge in [0, 0.05) is 0 Å². The molecule has 5 heteroatoms. The molecule has 1 N–H and O–H groups in total. The average Bonchev–Trinajstić information content (AvgIpc) is 3.08. The fourth-order valence-electron chi connectivity index (χ4n) is 4.20. The van der Waals surface area contributed by atoms with E-state index in [1.165, 1.54) is 0 Å². The van der Waals surface area contributed by atoms with Gasteiger partial charge in [0.2, 0.25) is 6.79 Å². The Balaban J connectivity index is 1.77. The maximum atomic E-state index is 12.6. The first-order valence-corrected chi connectivity index (χ1v) is 9.64. The molecule has 0 spiro atoms. The molecular formula is C20H35NO4. The second kappa shape index (κ2) is 7.65. The molecule has 0 aliphatic heterocycles. The zero-order chi connectivity index (χ0) is 18.7. The van der Waals surface area contributed by atoms with E-state index in [0.29, 0.717) is 11.3 Å². The highest BCUT2D eigenvalue weighted by Crippen LogP contribution is 2.63. The summed E-state index contributed by atoms with van der Waals surface area (Å²) >= 11 is 0. The summed E-state index contributed by atoms with van der Waals surface area (Å²) in [6, 6.07) is 0. The van der Waals surface area contributed by atoms with Gasteiger partial charge in [0.15, 0.2) is 0 Å². The zero-order valence-corrected chi connectivity index (χ0v) is 16.6. The minimum absolute atomic E-state index is 0.177. The molecule has 25 heavy (non-hydrogen) atoms. The quantitative estimate of drug-likeness (QED) is 0.410. The van der Waals surface area contributed by atoms with Crippen LogP contribution in [0.3, 0.4) is 0 Å². The third kappa shape index (κ3) is 4.96. The second-order valence-corrected chi connectivity index (χ2v) is 9.54. The van der Waals surface area contributed by atoms with E-state index in [1.54, 1.807) is 20.8 Å². The Labute approximate surface area is 152 Å². The summed E-state index contributed by atoms with van der Waals surface area (Å²) in [6.07, 6.45) is 6.08. The minimum Gasteiger partial charge on any atom is -0.427 e. The first-order chi connectivity index (χ1) is 11.6. The van der Waals surface area contributed by atoms with Gasteiger partial charge >= 0.3 is 11.9 Å². The first-order valence-electron chi connectivity index (χ1n) is 9.64. The molecule has 144 valence electrons. The van der Waals surface area contributed by atoms with E-state index in [-0.39, 0.29) is 24.1 Å². The Kier molecular flexibility index (Phi) is 6.18. The Bertz CT molecular complexity index is 484. The van der Waals surface area contributed by atoms with E-state index in [4.69, 9.17) is 9.47 Å². The maximum Gasteiger partial charge on any atom is 0.314 e. The molecule has 2 aliphatic rings. The third-order valence-electron chi connectivity index (χ3n) is 5.79. The Morgan fingerprint density at radius 1 is 1.08 bits per heavy atom. The molecule has 0 saturated heterocycles. The van der Waals surface area contributed by atoms with Crippen LogP contribution in [0.2, 0.25) is 0 Å². The van der Waals surface area contributed by atoms with Crippen LogP contribution in [0.15, 0.2) is 0 Å². The SMILES string of the molecule is CC(C)CNCCC12CCC(C(=O)OCOC(=O)C(C)(C)C)(CC1)C2. The van der Waals surface area contributed by atoms with Gasteiger partial charge in [-0.25, -0.2) is 0 Å². The smallest absolute Gasteiger partial charge is 0.314 e. The van der Waals surface area contributed by atoms with E-state index in [9.17, 15) is 9.59 Å². The molecule has 2 rings (SSSR count). The van der Waals surface area contributed by atoms with Crippen LogP contribution in [0, 0.1) is 22.2 Å². The summed E-state index contributed by atoms with van der Waals surface area (Å²) in [5.41, 5.74) is -0.624. The summed E-state index contributed by atoms with van der Waals surface area (Å²) in [4.78, 5) is 24.3. The van der Waals surface area contributed by atoms with E-state index in [0.717, 1.165) is 51.6 Å². The standard InChI is InChI=1S/C20H35NO4/c1-15(2)12-21-11-10-19-6-8-20(13-19,9-7-19)17(23)25-14-24-16(22)18(3,4)5/h15,21H,6-14H2,1-5H3. The summed E-state index contributed by atoms with van der Waals surface area (Å²) < 4.78 is 10.4. The lowest BCUT2D eigenvalue weighted by Crippen LogP contribution is -2.31. The maximum absolute atomic E-state index is 12.6.